The molecule has 13 nitrogen and oxygen atoms in total. The van der Waals surface area contributed by atoms with Crippen LogP contribution in [0.4, 0.5) is 5.69 Å². The summed E-state index contributed by atoms with van der Waals surface area (Å²) < 4.78 is 0. The predicted octanol–water partition coefficient (Wildman–Crippen LogP) is 3.91. The Labute approximate surface area is 329 Å². The van der Waals surface area contributed by atoms with Gasteiger partial charge in [0, 0.05) is 74.4 Å². The van der Waals surface area contributed by atoms with E-state index in [2.05, 4.69) is 21.3 Å². The maximum absolute atomic E-state index is 14.0. The van der Waals surface area contributed by atoms with E-state index in [0.717, 1.165) is 11.1 Å². The summed E-state index contributed by atoms with van der Waals surface area (Å²) in [4.78, 5) is 106. The molecule has 4 aliphatic rings. The number of rotatable bonds is 12. The molecule has 4 amide bonds. The Morgan fingerprint density at radius 1 is 0.737 bits per heavy atom. The molecule has 2 heterocycles. The van der Waals surface area contributed by atoms with Crippen LogP contribution < -0.4 is 21.3 Å². The topological polar surface area (TPSA) is 188 Å². The van der Waals surface area contributed by atoms with Crippen molar-refractivity contribution in [3.63, 3.8) is 0 Å². The molecular formula is C44H43N5O8. The first-order valence-electron chi connectivity index (χ1n) is 19.3. The lowest BCUT2D eigenvalue weighted by atomic mass is 9.80. The average molecular weight is 770 g/mol. The standard InChI is InChI=1S/C44H43N5O8/c50-37-19-28(26-9-3-1-4-10-26)20-38(51)31(37)23-45-18-8-15-35(46-24-32-39(52)21-29(22-40(32)53)27-11-5-2-6-12-27)42(55)47-34-14-7-13-30-33(34)25-49(44(30)57)36-16-17-41(54)48-43(36)56/h1-7,9-14,23-24,28-29,35-36,45-46H,8,15-22,25H2,(H,47,55)(H,48,54,56)/t28?,29?,35-,36?/m0/s1. The van der Waals surface area contributed by atoms with E-state index in [1.54, 1.807) is 18.2 Å². The SMILES string of the molecule is O=C1CCC(N2Cc3c(NC(=O)[C@H](CCCNC=C4C(=O)CC(c5ccccc5)CC4=O)NC=C4C(=O)CC(c5ccccc5)CC4=O)cccc3C2=O)C(=O)N1. The van der Waals surface area contributed by atoms with Crippen LogP contribution in [0.25, 0.3) is 0 Å². The molecule has 0 aromatic heterocycles. The highest BCUT2D eigenvalue weighted by atomic mass is 16.2. The molecule has 3 aromatic rings. The highest BCUT2D eigenvalue weighted by Gasteiger charge is 2.40. The molecule has 1 saturated heterocycles. The second-order valence-electron chi connectivity index (χ2n) is 14.9. The lowest BCUT2D eigenvalue weighted by Crippen LogP contribution is -2.52. The van der Waals surface area contributed by atoms with E-state index in [1.165, 1.54) is 17.3 Å². The second kappa shape index (κ2) is 17.1. The number of hydrogen-bond donors (Lipinski definition) is 4. The average Bonchev–Trinajstić information content (AvgIpc) is 3.54. The molecule has 2 aliphatic heterocycles. The predicted molar refractivity (Wildman–Crippen MR) is 208 cm³/mol. The molecule has 0 radical (unpaired) electrons. The normalized spacial score (nSPS) is 21.5. The Hall–Kier alpha value is -6.50. The number of fused-ring (bicyclic) bond motifs is 1. The maximum atomic E-state index is 14.0. The summed E-state index contributed by atoms with van der Waals surface area (Å²) in [6.07, 6.45) is 4.42. The summed E-state index contributed by atoms with van der Waals surface area (Å²) in [6.45, 7) is 0.355. The molecule has 3 fully saturated rings. The van der Waals surface area contributed by atoms with Gasteiger partial charge in [-0.25, -0.2) is 0 Å². The third kappa shape index (κ3) is 8.67. The van der Waals surface area contributed by atoms with Crippen LogP contribution in [0.5, 0.6) is 0 Å². The molecule has 1 unspecified atom stereocenters. The number of Topliss-reactive ketones (excluding diaryl/α,β-unsaturated/α-hetero) is 4. The Kier molecular flexibility index (Phi) is 11.6. The molecule has 2 saturated carbocycles. The molecule has 2 atom stereocenters. The molecule has 57 heavy (non-hydrogen) atoms. The second-order valence-corrected chi connectivity index (χ2v) is 14.9. The molecule has 13 heteroatoms. The minimum Gasteiger partial charge on any atom is -0.390 e. The molecule has 292 valence electrons. The van der Waals surface area contributed by atoms with Crippen molar-refractivity contribution >= 4 is 52.4 Å². The number of ketones is 4. The molecular weight excluding hydrogens is 727 g/mol. The van der Waals surface area contributed by atoms with Crippen LogP contribution in [0.3, 0.4) is 0 Å². The Morgan fingerprint density at radius 3 is 1.89 bits per heavy atom. The van der Waals surface area contributed by atoms with Gasteiger partial charge in [0.25, 0.3) is 5.91 Å². The van der Waals surface area contributed by atoms with Crippen molar-refractivity contribution in [3.8, 4) is 0 Å². The number of carbonyl (C=O) groups excluding carboxylic acids is 8. The fourth-order valence-corrected chi connectivity index (χ4v) is 8.01. The fourth-order valence-electron chi connectivity index (χ4n) is 8.01. The lowest BCUT2D eigenvalue weighted by Gasteiger charge is -2.29. The first-order valence-corrected chi connectivity index (χ1v) is 19.3. The van der Waals surface area contributed by atoms with Crippen LogP contribution in [-0.2, 0) is 40.1 Å². The van der Waals surface area contributed by atoms with Crippen molar-refractivity contribution in [1.29, 1.82) is 0 Å². The summed E-state index contributed by atoms with van der Waals surface area (Å²) >= 11 is 0. The summed E-state index contributed by atoms with van der Waals surface area (Å²) in [5, 5.41) is 11.3. The molecule has 2 aliphatic carbocycles. The largest absolute Gasteiger partial charge is 0.390 e. The minimum absolute atomic E-state index is 0.0166. The Bertz CT molecular complexity index is 2160. The first kappa shape index (κ1) is 38.8. The summed E-state index contributed by atoms with van der Waals surface area (Å²) in [5.74, 6) is -3.36. The number of amides is 4. The van der Waals surface area contributed by atoms with Gasteiger partial charge < -0.3 is 20.9 Å². The van der Waals surface area contributed by atoms with E-state index in [-0.39, 0.29) is 104 Å². The number of imide groups is 1. The van der Waals surface area contributed by atoms with Crippen LogP contribution >= 0.6 is 0 Å². The first-order chi connectivity index (χ1) is 27.6. The van der Waals surface area contributed by atoms with Gasteiger partial charge in [0.1, 0.15) is 12.1 Å². The van der Waals surface area contributed by atoms with Crippen molar-refractivity contribution in [2.45, 2.75) is 81.8 Å². The number of piperidine rings is 1. The zero-order valence-corrected chi connectivity index (χ0v) is 31.3. The van der Waals surface area contributed by atoms with Gasteiger partial charge in [-0.3, -0.25) is 43.7 Å². The third-order valence-corrected chi connectivity index (χ3v) is 11.1. The van der Waals surface area contributed by atoms with Gasteiger partial charge >= 0.3 is 0 Å². The number of allylic oxidation sites excluding steroid dienone is 2. The minimum atomic E-state index is -0.942. The molecule has 4 N–H and O–H groups in total. The Morgan fingerprint density at radius 2 is 1.32 bits per heavy atom. The van der Waals surface area contributed by atoms with Crippen LogP contribution in [0, 0.1) is 0 Å². The molecule has 0 bridgehead atoms. The monoisotopic (exact) mass is 769 g/mol. The van der Waals surface area contributed by atoms with E-state index in [1.807, 2.05) is 60.7 Å². The number of hydrogen-bond acceptors (Lipinski definition) is 10. The van der Waals surface area contributed by atoms with Crippen LogP contribution in [0.2, 0.25) is 0 Å². The van der Waals surface area contributed by atoms with E-state index >= 15 is 0 Å². The van der Waals surface area contributed by atoms with Crippen molar-refractivity contribution in [2.75, 3.05) is 11.9 Å². The van der Waals surface area contributed by atoms with Crippen molar-refractivity contribution in [2.24, 2.45) is 0 Å². The van der Waals surface area contributed by atoms with Crippen LogP contribution in [0.1, 0.15) is 90.3 Å². The highest BCUT2D eigenvalue weighted by molar-refractivity contribution is 6.23. The zero-order valence-electron chi connectivity index (χ0n) is 31.3. The molecule has 7 rings (SSSR count). The Balaban J connectivity index is 1.03. The highest BCUT2D eigenvalue weighted by Crippen LogP contribution is 2.34. The van der Waals surface area contributed by atoms with Gasteiger partial charge in [0.2, 0.25) is 17.7 Å². The van der Waals surface area contributed by atoms with Gasteiger partial charge in [0.15, 0.2) is 23.1 Å². The number of anilines is 1. The third-order valence-electron chi connectivity index (χ3n) is 11.1. The summed E-state index contributed by atoms with van der Waals surface area (Å²) in [7, 11) is 0. The number of benzene rings is 3. The maximum Gasteiger partial charge on any atom is 0.255 e. The number of carbonyl (C=O) groups is 8. The van der Waals surface area contributed by atoms with Crippen molar-refractivity contribution < 1.29 is 38.4 Å². The van der Waals surface area contributed by atoms with E-state index < -0.39 is 29.8 Å². The number of nitrogens with one attached hydrogen (secondary N) is 4. The van der Waals surface area contributed by atoms with Crippen LogP contribution in [0.15, 0.2) is 102 Å². The van der Waals surface area contributed by atoms with E-state index in [4.69, 9.17) is 0 Å². The van der Waals surface area contributed by atoms with Gasteiger partial charge in [-0.2, -0.15) is 0 Å². The summed E-state index contributed by atoms with van der Waals surface area (Å²) in [5.41, 5.74) is 3.16. The molecule has 0 spiro atoms. The van der Waals surface area contributed by atoms with Gasteiger partial charge in [-0.05, 0) is 54.4 Å². The molecule has 3 aromatic carbocycles. The van der Waals surface area contributed by atoms with Gasteiger partial charge in [-0.15, -0.1) is 0 Å². The lowest BCUT2D eigenvalue weighted by molar-refractivity contribution is -0.137. The summed E-state index contributed by atoms with van der Waals surface area (Å²) in [6, 6.07) is 22.0. The zero-order chi connectivity index (χ0) is 40.1. The van der Waals surface area contributed by atoms with Gasteiger partial charge in [0.05, 0.1) is 11.1 Å². The van der Waals surface area contributed by atoms with Crippen molar-refractivity contribution in [3.05, 3.63) is 125 Å². The number of nitrogens with zero attached hydrogens (tertiary/aromatic N) is 1. The van der Waals surface area contributed by atoms with E-state index in [0.29, 0.717) is 29.8 Å². The van der Waals surface area contributed by atoms with Crippen LogP contribution in [-0.4, -0.2) is 70.3 Å². The van der Waals surface area contributed by atoms with Crippen molar-refractivity contribution in [1.82, 2.24) is 20.9 Å². The fraction of sp³-hybridized carbons (Fsp3) is 0.318. The smallest absolute Gasteiger partial charge is 0.255 e. The van der Waals surface area contributed by atoms with Gasteiger partial charge in [-0.1, -0.05) is 66.7 Å². The quantitative estimate of drug-likeness (QED) is 0.0911. The van der Waals surface area contributed by atoms with E-state index in [9.17, 15) is 38.4 Å².